The number of rotatable bonds is 5. The van der Waals surface area contributed by atoms with Crippen LogP contribution in [0.3, 0.4) is 0 Å². The van der Waals surface area contributed by atoms with Gasteiger partial charge in [-0.25, -0.2) is 4.98 Å². The van der Waals surface area contributed by atoms with Gasteiger partial charge in [0.2, 0.25) is 0 Å². The highest BCUT2D eigenvalue weighted by molar-refractivity contribution is 5.93. The zero-order valence-electron chi connectivity index (χ0n) is 11.3. The molecule has 0 atom stereocenters. The fourth-order valence-corrected chi connectivity index (χ4v) is 2.27. The Labute approximate surface area is 116 Å². The molecule has 0 unspecified atom stereocenters. The Morgan fingerprint density at radius 1 is 1.45 bits per heavy atom. The molecular weight excluding hydrogens is 264 g/mol. The fourth-order valence-electron chi connectivity index (χ4n) is 2.27. The average Bonchev–Trinajstić information content (AvgIpc) is 2.94. The topological polar surface area (TPSA) is 102 Å². The number of nitrogens with zero attached hydrogens (tertiary/aromatic N) is 1. The van der Waals surface area contributed by atoms with Gasteiger partial charge >= 0.3 is 5.97 Å². The van der Waals surface area contributed by atoms with Crippen molar-refractivity contribution in [2.24, 2.45) is 5.41 Å². The first kappa shape index (κ1) is 14.5. The molecule has 0 aromatic carbocycles. The summed E-state index contributed by atoms with van der Waals surface area (Å²) in [6, 6.07) is 0. The lowest BCUT2D eigenvalue weighted by atomic mass is 9.80. The molecule has 7 heteroatoms. The molecule has 1 fully saturated rings. The van der Waals surface area contributed by atoms with Gasteiger partial charge in [-0.05, 0) is 12.8 Å². The molecule has 1 aliphatic heterocycles. The van der Waals surface area contributed by atoms with Crippen molar-refractivity contribution in [3.8, 4) is 0 Å². The van der Waals surface area contributed by atoms with Crippen molar-refractivity contribution in [2.75, 3.05) is 19.8 Å². The van der Waals surface area contributed by atoms with Crippen LogP contribution in [0.1, 0.15) is 36.0 Å². The second kappa shape index (κ2) is 6.04. The molecular formula is C13H18N2O5. The molecule has 2 heterocycles. The van der Waals surface area contributed by atoms with Gasteiger partial charge in [-0.1, -0.05) is 6.92 Å². The first-order chi connectivity index (χ1) is 9.59. The highest BCUT2D eigenvalue weighted by Crippen LogP contribution is 2.30. The number of hydrogen-bond donors (Lipinski definition) is 2. The second-order valence-corrected chi connectivity index (χ2v) is 4.86. The number of ether oxygens (including phenoxy) is 1. The number of hydrogen-bond acceptors (Lipinski definition) is 5. The van der Waals surface area contributed by atoms with Crippen molar-refractivity contribution in [3.05, 3.63) is 17.8 Å². The minimum atomic E-state index is -0.954. The summed E-state index contributed by atoms with van der Waals surface area (Å²) < 4.78 is 10.3. The van der Waals surface area contributed by atoms with E-state index in [1.165, 1.54) is 6.39 Å². The van der Waals surface area contributed by atoms with E-state index in [1.807, 2.05) is 6.92 Å². The lowest BCUT2D eigenvalue weighted by Gasteiger charge is -2.33. The number of aryl methyl sites for hydroxylation is 1. The van der Waals surface area contributed by atoms with Crippen LogP contribution in [0.4, 0.5) is 0 Å². The minimum absolute atomic E-state index is 0.0700. The average molecular weight is 282 g/mol. The summed E-state index contributed by atoms with van der Waals surface area (Å²) in [5, 5.41) is 12.0. The molecule has 1 saturated heterocycles. The van der Waals surface area contributed by atoms with Crippen LogP contribution in [-0.2, 0) is 16.0 Å². The van der Waals surface area contributed by atoms with Crippen molar-refractivity contribution in [3.63, 3.8) is 0 Å². The highest BCUT2D eigenvalue weighted by atomic mass is 16.5. The van der Waals surface area contributed by atoms with Crippen LogP contribution in [0.25, 0.3) is 0 Å². The number of oxazole rings is 1. The number of carboxylic acids is 1. The number of carbonyl (C=O) groups is 2. The van der Waals surface area contributed by atoms with Gasteiger partial charge in [-0.2, -0.15) is 0 Å². The number of nitrogens with one attached hydrogen (secondary N) is 1. The fraction of sp³-hybridized carbons (Fsp3) is 0.615. The van der Waals surface area contributed by atoms with E-state index < -0.39 is 17.3 Å². The van der Waals surface area contributed by atoms with Gasteiger partial charge in [0.05, 0.1) is 5.41 Å². The Kier molecular flexibility index (Phi) is 4.39. The normalized spacial score (nSPS) is 17.6. The van der Waals surface area contributed by atoms with Crippen LogP contribution < -0.4 is 5.32 Å². The Morgan fingerprint density at radius 3 is 2.75 bits per heavy atom. The Morgan fingerprint density at radius 2 is 2.15 bits per heavy atom. The third kappa shape index (κ3) is 2.82. The van der Waals surface area contributed by atoms with Gasteiger partial charge in [-0.3, -0.25) is 9.59 Å². The molecule has 0 aliphatic carbocycles. The maximum atomic E-state index is 12.0. The Balaban J connectivity index is 2.03. The van der Waals surface area contributed by atoms with E-state index >= 15 is 0 Å². The molecule has 1 aromatic rings. The SMILES string of the molecule is CCc1ocnc1C(=O)NCC1(C(=O)O)CCOCC1. The van der Waals surface area contributed by atoms with Gasteiger partial charge in [0.15, 0.2) is 12.1 Å². The number of amides is 1. The zero-order valence-corrected chi connectivity index (χ0v) is 11.3. The molecule has 1 amide bonds. The smallest absolute Gasteiger partial charge is 0.311 e. The predicted molar refractivity (Wildman–Crippen MR) is 68.3 cm³/mol. The van der Waals surface area contributed by atoms with Crippen LogP contribution in [0, 0.1) is 5.41 Å². The number of aromatic nitrogens is 1. The van der Waals surface area contributed by atoms with E-state index in [-0.39, 0.29) is 12.2 Å². The van der Waals surface area contributed by atoms with Gasteiger partial charge in [0, 0.05) is 26.2 Å². The van der Waals surface area contributed by atoms with E-state index in [1.54, 1.807) is 0 Å². The predicted octanol–water partition coefficient (Wildman–Crippen LogP) is 0.848. The molecule has 110 valence electrons. The van der Waals surface area contributed by atoms with E-state index in [4.69, 9.17) is 9.15 Å². The standard InChI is InChI=1S/C13H18N2O5/c1-2-9-10(15-8-20-9)11(16)14-7-13(12(17)18)3-5-19-6-4-13/h8H,2-7H2,1H3,(H,14,16)(H,17,18). The highest BCUT2D eigenvalue weighted by Gasteiger charge is 2.40. The van der Waals surface area contributed by atoms with Crippen molar-refractivity contribution in [1.82, 2.24) is 10.3 Å². The summed E-state index contributed by atoms with van der Waals surface area (Å²) in [5.74, 6) is -0.807. The second-order valence-electron chi connectivity index (χ2n) is 4.86. The number of carbonyl (C=O) groups excluding carboxylic acids is 1. The maximum absolute atomic E-state index is 12.0. The molecule has 0 spiro atoms. The third-order valence-corrected chi connectivity index (χ3v) is 3.67. The Hall–Kier alpha value is -1.89. The van der Waals surface area contributed by atoms with Crippen molar-refractivity contribution < 1.29 is 23.8 Å². The van der Waals surface area contributed by atoms with E-state index in [9.17, 15) is 14.7 Å². The van der Waals surface area contributed by atoms with Crippen molar-refractivity contribution in [2.45, 2.75) is 26.2 Å². The molecule has 0 saturated carbocycles. The van der Waals surface area contributed by atoms with Gasteiger partial charge in [0.1, 0.15) is 5.76 Å². The molecule has 2 N–H and O–H groups in total. The monoisotopic (exact) mass is 282 g/mol. The Bertz CT molecular complexity index is 491. The molecule has 20 heavy (non-hydrogen) atoms. The van der Waals surface area contributed by atoms with Crippen molar-refractivity contribution >= 4 is 11.9 Å². The third-order valence-electron chi connectivity index (χ3n) is 3.67. The first-order valence-corrected chi connectivity index (χ1v) is 6.61. The van der Waals surface area contributed by atoms with E-state index in [0.29, 0.717) is 38.2 Å². The van der Waals surface area contributed by atoms with Crippen LogP contribution in [0.5, 0.6) is 0 Å². The molecule has 7 nitrogen and oxygen atoms in total. The molecule has 2 rings (SSSR count). The van der Waals surface area contributed by atoms with E-state index in [2.05, 4.69) is 10.3 Å². The summed E-state index contributed by atoms with van der Waals surface area (Å²) in [4.78, 5) is 27.4. The van der Waals surface area contributed by atoms with Crippen molar-refractivity contribution in [1.29, 1.82) is 0 Å². The van der Waals surface area contributed by atoms with Gasteiger partial charge in [-0.15, -0.1) is 0 Å². The van der Waals surface area contributed by atoms with Gasteiger partial charge < -0.3 is 19.6 Å². The summed E-state index contributed by atoms with van der Waals surface area (Å²) in [6.45, 7) is 2.72. The summed E-state index contributed by atoms with van der Waals surface area (Å²) in [5.41, 5.74) is -0.732. The van der Waals surface area contributed by atoms with Crippen LogP contribution in [-0.4, -0.2) is 41.7 Å². The minimum Gasteiger partial charge on any atom is -0.481 e. The number of aliphatic carboxylic acids is 1. The maximum Gasteiger partial charge on any atom is 0.311 e. The summed E-state index contributed by atoms with van der Waals surface area (Å²) in [6.07, 6.45) is 2.56. The zero-order chi connectivity index (χ0) is 14.6. The summed E-state index contributed by atoms with van der Waals surface area (Å²) >= 11 is 0. The van der Waals surface area contributed by atoms with Gasteiger partial charge in [0.25, 0.3) is 5.91 Å². The lowest BCUT2D eigenvalue weighted by Crippen LogP contribution is -2.46. The molecule has 1 aliphatic rings. The quantitative estimate of drug-likeness (QED) is 0.830. The summed E-state index contributed by atoms with van der Waals surface area (Å²) in [7, 11) is 0. The van der Waals surface area contributed by atoms with Crippen LogP contribution in [0.2, 0.25) is 0 Å². The van der Waals surface area contributed by atoms with Crippen LogP contribution in [0.15, 0.2) is 10.8 Å². The molecule has 0 radical (unpaired) electrons. The largest absolute Gasteiger partial charge is 0.481 e. The first-order valence-electron chi connectivity index (χ1n) is 6.61. The van der Waals surface area contributed by atoms with Crippen LogP contribution >= 0.6 is 0 Å². The molecule has 1 aromatic heterocycles. The number of carboxylic acid groups (broad SMARTS) is 1. The lowest BCUT2D eigenvalue weighted by molar-refractivity contribution is -0.154. The molecule has 0 bridgehead atoms. The van der Waals surface area contributed by atoms with E-state index in [0.717, 1.165) is 0 Å².